The summed E-state index contributed by atoms with van der Waals surface area (Å²) in [7, 11) is 0. The molecule has 1 N–H and O–H groups in total. The fourth-order valence-electron chi connectivity index (χ4n) is 1.82. The zero-order valence-corrected chi connectivity index (χ0v) is 8.10. The Labute approximate surface area is 82.8 Å². The first-order valence-electron chi connectivity index (χ1n) is 4.83. The highest BCUT2D eigenvalue weighted by atomic mass is 16.4. The zero-order chi connectivity index (χ0) is 10.1. The summed E-state index contributed by atoms with van der Waals surface area (Å²) in [6, 6.07) is 1.87. The lowest BCUT2D eigenvalue weighted by atomic mass is 9.92. The number of hydrogen-bond acceptors (Lipinski definition) is 2. The number of aromatic nitrogens is 1. The molecule has 1 aliphatic carbocycles. The number of aryl methyl sites for hydroxylation is 1. The van der Waals surface area contributed by atoms with Crippen LogP contribution in [-0.2, 0) is 4.79 Å². The third-order valence-electron chi connectivity index (χ3n) is 2.77. The molecule has 0 aromatic carbocycles. The smallest absolute Gasteiger partial charge is 0.311 e. The van der Waals surface area contributed by atoms with Gasteiger partial charge in [0.25, 0.3) is 0 Å². The first-order valence-corrected chi connectivity index (χ1v) is 4.83. The quantitative estimate of drug-likeness (QED) is 0.794. The molecule has 0 aliphatic heterocycles. The van der Waals surface area contributed by atoms with Crippen molar-refractivity contribution in [2.45, 2.75) is 25.7 Å². The molecule has 1 fully saturated rings. The van der Waals surface area contributed by atoms with Crippen LogP contribution < -0.4 is 0 Å². The second kappa shape index (κ2) is 3.40. The fourth-order valence-corrected chi connectivity index (χ4v) is 1.82. The number of nitrogens with zero attached hydrogens (tertiary/aromatic N) is 1. The van der Waals surface area contributed by atoms with Crippen LogP contribution in [0.4, 0.5) is 0 Å². The molecule has 0 spiro atoms. The van der Waals surface area contributed by atoms with Crippen LogP contribution >= 0.6 is 0 Å². The molecule has 1 aromatic heterocycles. The maximum Gasteiger partial charge on any atom is 0.311 e. The number of carbonyl (C=O) groups is 1. The molecule has 1 heterocycles. The zero-order valence-electron chi connectivity index (χ0n) is 8.10. The summed E-state index contributed by atoms with van der Waals surface area (Å²) in [5.74, 6) is -0.734. The molecule has 1 aromatic rings. The van der Waals surface area contributed by atoms with Crippen molar-refractivity contribution in [3.63, 3.8) is 0 Å². The molecule has 0 bridgehead atoms. The summed E-state index contributed by atoms with van der Waals surface area (Å²) in [5.41, 5.74) is 1.90. The number of carboxylic acids is 1. The van der Waals surface area contributed by atoms with E-state index in [0.717, 1.165) is 24.0 Å². The highest BCUT2D eigenvalue weighted by molar-refractivity contribution is 5.77. The number of aliphatic carboxylic acids is 1. The third-order valence-corrected chi connectivity index (χ3v) is 2.77. The van der Waals surface area contributed by atoms with Crippen LogP contribution in [0.2, 0.25) is 0 Å². The van der Waals surface area contributed by atoms with E-state index in [4.69, 9.17) is 5.11 Å². The first kappa shape index (κ1) is 9.19. The number of hydrogen-bond donors (Lipinski definition) is 1. The van der Waals surface area contributed by atoms with E-state index in [-0.39, 0.29) is 5.92 Å². The van der Waals surface area contributed by atoms with Crippen LogP contribution in [0.25, 0.3) is 0 Å². The first-order chi connectivity index (χ1) is 6.70. The van der Waals surface area contributed by atoms with Gasteiger partial charge in [0.15, 0.2) is 0 Å². The maximum atomic E-state index is 11.1. The Hall–Kier alpha value is -1.38. The van der Waals surface area contributed by atoms with E-state index in [9.17, 15) is 4.79 Å². The van der Waals surface area contributed by atoms with Crippen molar-refractivity contribution in [2.24, 2.45) is 5.92 Å². The largest absolute Gasteiger partial charge is 0.481 e. The van der Waals surface area contributed by atoms with Gasteiger partial charge in [-0.3, -0.25) is 9.78 Å². The molecule has 1 unspecified atom stereocenters. The maximum absolute atomic E-state index is 11.1. The van der Waals surface area contributed by atoms with Crippen molar-refractivity contribution >= 4 is 5.97 Å². The molecule has 0 radical (unpaired) electrons. The number of carboxylic acid groups (broad SMARTS) is 1. The molecular weight excluding hydrogens is 178 g/mol. The highest BCUT2D eigenvalue weighted by Gasteiger charge is 2.38. The predicted molar refractivity (Wildman–Crippen MR) is 52.1 cm³/mol. The molecule has 3 heteroatoms. The molecule has 14 heavy (non-hydrogen) atoms. The molecule has 0 amide bonds. The lowest BCUT2D eigenvalue weighted by Crippen LogP contribution is -2.15. The summed E-state index contributed by atoms with van der Waals surface area (Å²) in [5, 5.41) is 9.13. The van der Waals surface area contributed by atoms with Crippen LogP contribution in [0.1, 0.15) is 29.9 Å². The SMILES string of the molecule is Cc1ccncc1C(C(=O)O)C1CC1. The summed E-state index contributed by atoms with van der Waals surface area (Å²) < 4.78 is 0. The normalized spacial score (nSPS) is 17.8. The van der Waals surface area contributed by atoms with Crippen molar-refractivity contribution in [3.8, 4) is 0 Å². The molecule has 1 atom stereocenters. The van der Waals surface area contributed by atoms with E-state index in [1.54, 1.807) is 12.4 Å². The van der Waals surface area contributed by atoms with E-state index in [1.807, 2.05) is 13.0 Å². The topological polar surface area (TPSA) is 50.2 Å². The number of rotatable bonds is 3. The van der Waals surface area contributed by atoms with Gasteiger partial charge < -0.3 is 5.11 Å². The van der Waals surface area contributed by atoms with Gasteiger partial charge in [-0.2, -0.15) is 0 Å². The highest BCUT2D eigenvalue weighted by Crippen LogP contribution is 2.43. The van der Waals surface area contributed by atoms with E-state index in [1.165, 1.54) is 0 Å². The van der Waals surface area contributed by atoms with Crippen LogP contribution in [0.3, 0.4) is 0 Å². The van der Waals surface area contributed by atoms with Gasteiger partial charge >= 0.3 is 5.97 Å². The summed E-state index contributed by atoms with van der Waals surface area (Å²) in [6.07, 6.45) is 5.45. The van der Waals surface area contributed by atoms with Crippen LogP contribution in [0.15, 0.2) is 18.5 Å². The molecule has 0 saturated heterocycles. The van der Waals surface area contributed by atoms with Crippen molar-refractivity contribution < 1.29 is 9.90 Å². The Kier molecular flexibility index (Phi) is 2.23. The predicted octanol–water partition coefficient (Wildman–Crippen LogP) is 1.97. The van der Waals surface area contributed by atoms with Crippen molar-refractivity contribution in [1.29, 1.82) is 0 Å². The van der Waals surface area contributed by atoms with Gasteiger partial charge in [0.2, 0.25) is 0 Å². The summed E-state index contributed by atoms with van der Waals surface area (Å²) >= 11 is 0. The second-order valence-electron chi connectivity index (χ2n) is 3.89. The molecule has 1 aliphatic rings. The van der Waals surface area contributed by atoms with Gasteiger partial charge in [0, 0.05) is 12.4 Å². The van der Waals surface area contributed by atoms with Gasteiger partial charge in [-0.15, -0.1) is 0 Å². The Morgan fingerprint density at radius 1 is 1.64 bits per heavy atom. The molecule has 3 nitrogen and oxygen atoms in total. The summed E-state index contributed by atoms with van der Waals surface area (Å²) in [4.78, 5) is 15.1. The van der Waals surface area contributed by atoms with Crippen LogP contribution in [0.5, 0.6) is 0 Å². The molecular formula is C11H13NO2. The number of pyridine rings is 1. The van der Waals surface area contributed by atoms with Gasteiger partial charge in [-0.05, 0) is 42.9 Å². The molecule has 2 rings (SSSR count). The van der Waals surface area contributed by atoms with Crippen molar-refractivity contribution in [2.75, 3.05) is 0 Å². The Morgan fingerprint density at radius 3 is 2.86 bits per heavy atom. The Bertz CT molecular complexity index is 358. The fraction of sp³-hybridized carbons (Fsp3) is 0.455. The summed E-state index contributed by atoms with van der Waals surface area (Å²) in [6.45, 7) is 1.94. The monoisotopic (exact) mass is 191 g/mol. The van der Waals surface area contributed by atoms with E-state index in [2.05, 4.69) is 4.98 Å². The van der Waals surface area contributed by atoms with E-state index >= 15 is 0 Å². The molecule has 1 saturated carbocycles. The van der Waals surface area contributed by atoms with Crippen molar-refractivity contribution in [1.82, 2.24) is 4.98 Å². The Morgan fingerprint density at radius 2 is 2.36 bits per heavy atom. The van der Waals surface area contributed by atoms with Crippen molar-refractivity contribution in [3.05, 3.63) is 29.6 Å². The standard InChI is InChI=1S/C11H13NO2/c1-7-4-5-12-6-9(7)10(11(13)14)8-2-3-8/h4-6,8,10H,2-3H2,1H3,(H,13,14). The minimum atomic E-state index is -0.719. The van der Waals surface area contributed by atoms with Gasteiger partial charge in [-0.1, -0.05) is 0 Å². The van der Waals surface area contributed by atoms with Crippen LogP contribution in [-0.4, -0.2) is 16.1 Å². The Balaban J connectivity index is 2.35. The van der Waals surface area contributed by atoms with Crippen LogP contribution in [0, 0.1) is 12.8 Å². The van der Waals surface area contributed by atoms with E-state index in [0.29, 0.717) is 5.92 Å². The molecule has 74 valence electrons. The van der Waals surface area contributed by atoms with Gasteiger partial charge in [-0.25, -0.2) is 0 Å². The minimum absolute atomic E-state index is 0.329. The second-order valence-corrected chi connectivity index (χ2v) is 3.89. The minimum Gasteiger partial charge on any atom is -0.481 e. The third kappa shape index (κ3) is 1.62. The van der Waals surface area contributed by atoms with E-state index < -0.39 is 5.97 Å². The average molecular weight is 191 g/mol. The lowest BCUT2D eigenvalue weighted by Gasteiger charge is -2.13. The van der Waals surface area contributed by atoms with Gasteiger partial charge in [0.05, 0.1) is 5.92 Å². The lowest BCUT2D eigenvalue weighted by molar-refractivity contribution is -0.139. The van der Waals surface area contributed by atoms with Gasteiger partial charge in [0.1, 0.15) is 0 Å². The average Bonchev–Trinajstić information content (AvgIpc) is 2.92.